The van der Waals surface area contributed by atoms with Crippen LogP contribution in [0.4, 0.5) is 15.3 Å². The van der Waals surface area contributed by atoms with Gasteiger partial charge in [-0.3, -0.25) is 0 Å². The molecule has 2 rings (SSSR count). The van der Waals surface area contributed by atoms with Crippen molar-refractivity contribution in [1.29, 1.82) is 0 Å². The van der Waals surface area contributed by atoms with E-state index in [0.717, 1.165) is 12.8 Å². The first-order chi connectivity index (χ1) is 15.7. The normalized spacial score (nSPS) is 12.2. The van der Waals surface area contributed by atoms with Crippen molar-refractivity contribution >= 4 is 17.7 Å². The van der Waals surface area contributed by atoms with Crippen molar-refractivity contribution in [3.63, 3.8) is 0 Å². The van der Waals surface area contributed by atoms with Gasteiger partial charge in [-0.05, 0) is 18.6 Å². The van der Waals surface area contributed by atoms with Crippen LogP contribution in [0.25, 0.3) is 0 Å². The average molecular weight is 443 g/mol. The van der Waals surface area contributed by atoms with Crippen LogP contribution in [0.3, 0.4) is 0 Å². The number of anilines is 1. The predicted octanol–water partition coefficient (Wildman–Crippen LogP) is 6.44. The zero-order valence-electron chi connectivity index (χ0n) is 20.0. The number of benzene rings is 1. The highest BCUT2D eigenvalue weighted by molar-refractivity contribution is 5.89. The van der Waals surface area contributed by atoms with Crippen molar-refractivity contribution in [3.05, 3.63) is 28.9 Å². The lowest BCUT2D eigenvalue weighted by molar-refractivity contribution is 0.251. The number of amides is 4. The number of urea groups is 2. The summed E-state index contributed by atoms with van der Waals surface area (Å²) in [4.78, 5) is 31.0. The van der Waals surface area contributed by atoms with E-state index in [4.69, 9.17) is 0 Å². The minimum atomic E-state index is -0.525. The van der Waals surface area contributed by atoms with Gasteiger partial charge in [0.25, 0.3) is 0 Å². The summed E-state index contributed by atoms with van der Waals surface area (Å²) < 4.78 is 0. The number of hydrogen-bond donors (Lipinski definition) is 2. The molecule has 0 aliphatic carbocycles. The molecule has 0 unspecified atom stereocenters. The van der Waals surface area contributed by atoms with Crippen molar-refractivity contribution < 1.29 is 9.59 Å². The number of para-hydroxylation sites is 1. The van der Waals surface area contributed by atoms with Gasteiger partial charge < -0.3 is 10.6 Å². The van der Waals surface area contributed by atoms with Crippen LogP contribution in [0, 0.1) is 0 Å². The summed E-state index contributed by atoms with van der Waals surface area (Å²) >= 11 is 0. The summed E-state index contributed by atoms with van der Waals surface area (Å²) in [7, 11) is 0. The van der Waals surface area contributed by atoms with E-state index in [-0.39, 0.29) is 6.03 Å². The Balaban J connectivity index is 1.37. The molecule has 32 heavy (non-hydrogen) atoms. The maximum atomic E-state index is 12.1. The molecule has 1 heterocycles. The molecule has 0 saturated carbocycles. The second-order valence-corrected chi connectivity index (χ2v) is 8.86. The average Bonchev–Trinajstić information content (AvgIpc) is 3.17. The van der Waals surface area contributed by atoms with E-state index in [0.29, 0.717) is 22.9 Å². The SMILES string of the molecule is CCCCCCCCCCCCCCCCCCNC(=O)Nc1cccc2c1=NC(=O)N=2. The van der Waals surface area contributed by atoms with E-state index < -0.39 is 6.03 Å². The van der Waals surface area contributed by atoms with Crippen LogP contribution in [0.1, 0.15) is 110 Å². The van der Waals surface area contributed by atoms with Crippen molar-refractivity contribution in [1.82, 2.24) is 5.32 Å². The molecule has 0 fully saturated rings. The van der Waals surface area contributed by atoms with Crippen molar-refractivity contribution in [2.24, 2.45) is 9.98 Å². The molecule has 6 heteroatoms. The van der Waals surface area contributed by atoms with E-state index in [1.165, 1.54) is 89.9 Å². The van der Waals surface area contributed by atoms with Gasteiger partial charge in [0.05, 0.1) is 11.0 Å². The number of carbonyl (C=O) groups excluding carboxylic acids is 2. The quantitative estimate of drug-likeness (QED) is 0.256. The fourth-order valence-corrected chi connectivity index (χ4v) is 4.11. The first-order valence-electron chi connectivity index (χ1n) is 12.9. The third-order valence-corrected chi connectivity index (χ3v) is 6.00. The summed E-state index contributed by atoms with van der Waals surface area (Å²) in [5.41, 5.74) is 0.515. The van der Waals surface area contributed by atoms with Gasteiger partial charge in [0, 0.05) is 6.54 Å². The number of unbranched alkanes of at least 4 members (excludes halogenated alkanes) is 15. The van der Waals surface area contributed by atoms with Crippen molar-refractivity contribution in [2.75, 3.05) is 11.9 Å². The Labute approximate surface area is 193 Å². The Morgan fingerprint density at radius 1 is 0.750 bits per heavy atom. The maximum absolute atomic E-state index is 12.1. The Bertz CT molecular complexity index is 807. The highest BCUT2D eigenvalue weighted by atomic mass is 16.2. The molecule has 178 valence electrons. The van der Waals surface area contributed by atoms with Crippen LogP contribution in [-0.4, -0.2) is 18.6 Å². The molecule has 0 aromatic heterocycles. The summed E-state index contributed by atoms with van der Waals surface area (Å²) in [6.07, 6.45) is 21.4. The molecule has 0 saturated heterocycles. The second-order valence-electron chi connectivity index (χ2n) is 8.86. The van der Waals surface area contributed by atoms with Gasteiger partial charge in [0.2, 0.25) is 0 Å². The Morgan fingerprint density at radius 2 is 1.28 bits per heavy atom. The van der Waals surface area contributed by atoms with Crippen molar-refractivity contribution in [2.45, 2.75) is 110 Å². The minimum absolute atomic E-state index is 0.270. The van der Waals surface area contributed by atoms with E-state index in [1.807, 2.05) is 0 Å². The number of nitrogens with zero attached hydrogens (tertiary/aromatic N) is 2. The maximum Gasteiger partial charge on any atom is 0.368 e. The summed E-state index contributed by atoms with van der Waals surface area (Å²) in [5, 5.41) is 6.58. The molecule has 0 spiro atoms. The highest BCUT2D eigenvalue weighted by Gasteiger charge is 2.10. The first-order valence-corrected chi connectivity index (χ1v) is 12.9. The van der Waals surface area contributed by atoms with Gasteiger partial charge in [-0.2, -0.15) is 9.98 Å². The van der Waals surface area contributed by atoms with Crippen LogP contribution in [0.15, 0.2) is 28.2 Å². The molecule has 0 radical (unpaired) electrons. The Hall–Kier alpha value is -2.24. The van der Waals surface area contributed by atoms with Crippen LogP contribution in [0.5, 0.6) is 0 Å². The lowest BCUT2D eigenvalue weighted by atomic mass is 10.0. The largest absolute Gasteiger partial charge is 0.368 e. The number of nitrogens with one attached hydrogen (secondary N) is 2. The third-order valence-electron chi connectivity index (χ3n) is 6.00. The summed E-state index contributed by atoms with van der Waals surface area (Å²) in [6, 6.07) is 4.40. The minimum Gasteiger partial charge on any atom is -0.338 e. The molecular formula is C26H42N4O2. The number of carbonyl (C=O) groups is 2. The van der Waals surface area contributed by atoms with Gasteiger partial charge in [-0.25, -0.2) is 9.59 Å². The molecule has 1 aliphatic rings. The third kappa shape index (κ3) is 10.9. The van der Waals surface area contributed by atoms with Crippen LogP contribution in [0.2, 0.25) is 0 Å². The second kappa shape index (κ2) is 16.4. The fraction of sp³-hybridized carbons (Fsp3) is 0.692. The zero-order chi connectivity index (χ0) is 22.9. The summed E-state index contributed by atoms with van der Waals surface area (Å²) in [6.45, 7) is 2.93. The lowest BCUT2D eigenvalue weighted by Gasteiger charge is -2.07. The molecule has 2 N–H and O–H groups in total. The van der Waals surface area contributed by atoms with E-state index in [2.05, 4.69) is 27.5 Å². The molecule has 1 aromatic rings. The predicted molar refractivity (Wildman–Crippen MR) is 131 cm³/mol. The number of rotatable bonds is 18. The number of fused-ring (bicyclic) bond motifs is 1. The molecule has 0 atom stereocenters. The summed E-state index contributed by atoms with van der Waals surface area (Å²) in [5.74, 6) is 0. The molecular weight excluding hydrogens is 400 g/mol. The van der Waals surface area contributed by atoms with Gasteiger partial charge in [0.15, 0.2) is 0 Å². The van der Waals surface area contributed by atoms with Gasteiger partial charge >= 0.3 is 12.1 Å². The fourth-order valence-electron chi connectivity index (χ4n) is 4.11. The number of hydrogen-bond acceptors (Lipinski definition) is 2. The van der Waals surface area contributed by atoms with Crippen LogP contribution >= 0.6 is 0 Å². The Morgan fingerprint density at radius 3 is 1.84 bits per heavy atom. The zero-order valence-corrected chi connectivity index (χ0v) is 20.0. The lowest BCUT2D eigenvalue weighted by Crippen LogP contribution is -2.34. The van der Waals surface area contributed by atoms with Gasteiger partial charge in [0.1, 0.15) is 5.36 Å². The van der Waals surface area contributed by atoms with Crippen LogP contribution < -0.4 is 21.3 Å². The highest BCUT2D eigenvalue weighted by Crippen LogP contribution is 2.13. The smallest absolute Gasteiger partial charge is 0.338 e. The van der Waals surface area contributed by atoms with Crippen molar-refractivity contribution in [3.8, 4) is 0 Å². The van der Waals surface area contributed by atoms with Gasteiger partial charge in [-0.15, -0.1) is 0 Å². The molecule has 1 aromatic carbocycles. The topological polar surface area (TPSA) is 82.9 Å². The van der Waals surface area contributed by atoms with E-state index >= 15 is 0 Å². The molecule has 1 aliphatic heterocycles. The molecule has 6 nitrogen and oxygen atoms in total. The Kier molecular flexibility index (Phi) is 13.3. The van der Waals surface area contributed by atoms with Gasteiger partial charge in [-0.1, -0.05) is 109 Å². The molecule has 0 bridgehead atoms. The monoisotopic (exact) mass is 442 g/mol. The standard InChI is InChI=1S/C26H42N4O2/c1-2-3-4-5-6-7-8-9-10-11-12-13-14-15-16-17-21-27-25(31)28-22-19-18-20-23-24(22)30-26(32)29-23/h18-20H,2-17,21H2,1H3,(H2,27,28,31). The van der Waals surface area contributed by atoms with Crippen LogP contribution in [-0.2, 0) is 0 Å². The van der Waals surface area contributed by atoms with E-state index in [9.17, 15) is 9.59 Å². The first kappa shape index (κ1) is 26.0. The van der Waals surface area contributed by atoms with E-state index in [1.54, 1.807) is 18.2 Å². The molecule has 4 amide bonds.